The third-order valence-corrected chi connectivity index (χ3v) is 14.0. The molecule has 2 aliphatic heterocycles. The minimum absolute atomic E-state index is 0.00684. The fourth-order valence-electron chi connectivity index (χ4n) is 10.6. The maximum atomic E-state index is 15.0. The number of rotatable bonds is 34. The van der Waals surface area contributed by atoms with E-state index in [2.05, 4.69) is 30.5 Å². The first-order valence-corrected chi connectivity index (χ1v) is 25.6. The lowest BCUT2D eigenvalue weighted by Gasteiger charge is -2.60. The molecule has 2 fully saturated rings. The molecule has 0 spiro atoms. The fourth-order valence-corrected chi connectivity index (χ4v) is 10.6. The van der Waals surface area contributed by atoms with Crippen LogP contribution in [-0.2, 0) is 25.7 Å². The van der Waals surface area contributed by atoms with Gasteiger partial charge in [-0.3, -0.25) is 9.69 Å². The third kappa shape index (κ3) is 14.4. The van der Waals surface area contributed by atoms with Crippen LogP contribution in [-0.4, -0.2) is 121 Å². The van der Waals surface area contributed by atoms with Crippen molar-refractivity contribution in [2.75, 3.05) is 72.4 Å². The molecule has 3 N–H and O–H groups in total. The van der Waals surface area contributed by atoms with Crippen molar-refractivity contribution >= 4 is 11.6 Å². The number of aliphatic hydroxyl groups is 3. The van der Waals surface area contributed by atoms with Gasteiger partial charge in [0.2, 0.25) is 11.7 Å². The summed E-state index contributed by atoms with van der Waals surface area (Å²) in [5.74, 6) is -0.188. The summed E-state index contributed by atoms with van der Waals surface area (Å²) in [6, 6.07) is 15.5. The molecular formula is C54H81N3O9. The van der Waals surface area contributed by atoms with Crippen LogP contribution in [0, 0.1) is 17.8 Å². The Morgan fingerprint density at radius 2 is 1.64 bits per heavy atom. The molecule has 1 saturated carbocycles. The van der Waals surface area contributed by atoms with Crippen LogP contribution in [0.3, 0.4) is 0 Å². The van der Waals surface area contributed by atoms with Crippen LogP contribution < -0.4 is 9.47 Å². The molecule has 6 atom stereocenters. The summed E-state index contributed by atoms with van der Waals surface area (Å²) in [4.78, 5) is 25.5. The maximum Gasteiger partial charge on any atom is 0.239 e. The van der Waals surface area contributed by atoms with Gasteiger partial charge >= 0.3 is 0 Å². The van der Waals surface area contributed by atoms with Crippen molar-refractivity contribution in [3.05, 3.63) is 84.0 Å². The molecule has 0 bridgehead atoms. The van der Waals surface area contributed by atoms with Gasteiger partial charge in [-0.1, -0.05) is 119 Å². The van der Waals surface area contributed by atoms with Crippen molar-refractivity contribution in [3.63, 3.8) is 0 Å². The van der Waals surface area contributed by atoms with Crippen LogP contribution in [0.1, 0.15) is 133 Å². The Bertz CT molecular complexity index is 1800. The zero-order valence-corrected chi connectivity index (χ0v) is 40.0. The van der Waals surface area contributed by atoms with E-state index in [4.69, 9.17) is 28.9 Å². The first-order chi connectivity index (χ1) is 32.5. The quantitative estimate of drug-likeness (QED) is 0.0270. The summed E-state index contributed by atoms with van der Waals surface area (Å²) in [5, 5.41) is 34.7. The van der Waals surface area contributed by atoms with Crippen molar-refractivity contribution in [1.82, 2.24) is 9.80 Å². The summed E-state index contributed by atoms with van der Waals surface area (Å²) >= 11 is 0. The predicted molar refractivity (Wildman–Crippen MR) is 260 cm³/mol. The van der Waals surface area contributed by atoms with Gasteiger partial charge in [0.15, 0.2) is 0 Å². The molecule has 1 saturated heterocycles. The van der Waals surface area contributed by atoms with E-state index in [0.717, 1.165) is 92.7 Å². The molecular weight excluding hydrogens is 835 g/mol. The number of hydrogen-bond acceptors (Lipinski definition) is 11. The number of unbranched alkanes of at least 4 members (excludes halogenated alkanes) is 10. The highest BCUT2D eigenvalue weighted by molar-refractivity contribution is 6.03. The van der Waals surface area contributed by atoms with Crippen LogP contribution in [0.25, 0.3) is 0 Å². The topological polar surface area (TPSA) is 143 Å². The second-order valence-electron chi connectivity index (χ2n) is 18.7. The lowest BCUT2D eigenvalue weighted by molar-refractivity contribution is -0.258. The van der Waals surface area contributed by atoms with Gasteiger partial charge in [-0.15, -0.1) is 6.58 Å². The Labute approximate surface area is 395 Å². The summed E-state index contributed by atoms with van der Waals surface area (Å²) < 4.78 is 27.0. The molecule has 2 aromatic carbocycles. The number of allylic oxidation sites excluding steroid dienone is 1. The summed E-state index contributed by atoms with van der Waals surface area (Å²) in [7, 11) is 0. The Morgan fingerprint density at radius 3 is 2.35 bits per heavy atom. The summed E-state index contributed by atoms with van der Waals surface area (Å²) in [5.41, 5.74) is 3.80. The Hall–Kier alpha value is -3.78. The standard InChI is InChI=1S/C54H81N3O9/c1-3-5-6-7-8-9-10-11-15-24-51(61)57(30-35-62-37-33-60)50-40-48(55-65-41-42-20-13-12-14-21-42)46-38-43(22-16-18-31-58)45(23-17-19-32-59)52-47-39-44(63-36-29-56-27-28-56)25-26-49(47)66-54(50,53(46)52)64-34-4-2/h4,12-14,20-21,25-26,38-39,43,45,50,52-53,58-60H,2-3,5-11,15-19,22-24,27-37,40-41H2,1H3. The molecule has 2 aromatic rings. The first kappa shape index (κ1) is 51.6. The largest absolute Gasteiger partial charge is 0.492 e. The van der Waals surface area contributed by atoms with Crippen molar-refractivity contribution in [1.29, 1.82) is 0 Å². The van der Waals surface area contributed by atoms with Gasteiger partial charge in [-0.2, -0.15) is 0 Å². The van der Waals surface area contributed by atoms with Crippen molar-refractivity contribution in [3.8, 4) is 11.5 Å². The molecule has 12 nitrogen and oxygen atoms in total. The Balaban J connectivity index is 1.45. The van der Waals surface area contributed by atoms with Crippen molar-refractivity contribution in [2.45, 2.75) is 140 Å². The number of fused-ring (bicyclic) bond motifs is 2. The molecule has 2 aliphatic carbocycles. The van der Waals surface area contributed by atoms with Crippen LogP contribution in [0.15, 0.2) is 78.0 Å². The first-order valence-electron chi connectivity index (χ1n) is 25.6. The molecule has 66 heavy (non-hydrogen) atoms. The fraction of sp³-hybridized carbons (Fsp3) is 0.667. The molecule has 6 unspecified atom stereocenters. The molecule has 4 aliphatic rings. The Morgan fingerprint density at radius 1 is 0.894 bits per heavy atom. The predicted octanol–water partition coefficient (Wildman–Crippen LogP) is 8.97. The Kier molecular flexibility index (Phi) is 21.8. The SMILES string of the molecule is C=CCOC12Oc3ccc(OCCN4CC4)cc3C3C(CCCCO)C(CCCCO)C=C(C(=NOCc4ccccc4)CC1N(CCOCCO)C(=O)CCCCCCCCCCC)C32. The second-order valence-corrected chi connectivity index (χ2v) is 18.7. The van der Waals surface area contributed by atoms with E-state index in [1.54, 1.807) is 6.08 Å². The van der Waals surface area contributed by atoms with Gasteiger partial charge in [0.05, 0.1) is 38.1 Å². The minimum Gasteiger partial charge on any atom is -0.492 e. The number of aliphatic hydroxyl groups excluding tert-OH is 3. The number of ether oxygens (including phenoxy) is 4. The molecule has 366 valence electrons. The normalized spacial score (nSPS) is 23.7. The number of hydrogen-bond donors (Lipinski definition) is 3. The molecule has 0 aromatic heterocycles. The highest BCUT2D eigenvalue weighted by atomic mass is 16.7. The maximum absolute atomic E-state index is 15.0. The lowest BCUT2D eigenvalue weighted by Crippen LogP contribution is -2.70. The molecule has 6 rings (SSSR count). The van der Waals surface area contributed by atoms with Gasteiger partial charge in [-0.25, -0.2) is 0 Å². The van der Waals surface area contributed by atoms with Gasteiger partial charge in [0.1, 0.15) is 30.8 Å². The number of nitrogens with zero attached hydrogens (tertiary/aromatic N) is 3. The average molecular weight is 916 g/mol. The number of benzene rings is 2. The van der Waals surface area contributed by atoms with E-state index in [0.29, 0.717) is 38.0 Å². The highest BCUT2D eigenvalue weighted by Crippen LogP contribution is 2.62. The number of oxime groups is 1. The van der Waals surface area contributed by atoms with E-state index >= 15 is 0 Å². The van der Waals surface area contributed by atoms with Crippen molar-refractivity contribution in [2.24, 2.45) is 22.9 Å². The van der Waals surface area contributed by atoms with E-state index in [1.165, 1.54) is 38.5 Å². The van der Waals surface area contributed by atoms with Crippen LogP contribution in [0.4, 0.5) is 0 Å². The van der Waals surface area contributed by atoms with E-state index in [1.807, 2.05) is 47.4 Å². The minimum atomic E-state index is -1.35. The lowest BCUT2D eigenvalue weighted by atomic mass is 9.55. The van der Waals surface area contributed by atoms with Gasteiger partial charge < -0.3 is 44.0 Å². The molecule has 12 heteroatoms. The molecule has 0 radical (unpaired) electrons. The number of carbonyl (C=O) groups excluding carboxylic acids is 1. The van der Waals surface area contributed by atoms with Gasteiger partial charge in [0.25, 0.3) is 0 Å². The molecule has 2 heterocycles. The zero-order chi connectivity index (χ0) is 46.4. The summed E-state index contributed by atoms with van der Waals surface area (Å²) in [6.45, 7) is 11.3. The molecule has 1 amide bonds. The second kappa shape index (κ2) is 27.9. The number of amides is 1. The third-order valence-electron chi connectivity index (χ3n) is 14.0. The van der Waals surface area contributed by atoms with Gasteiger partial charge in [-0.05, 0) is 73.3 Å². The zero-order valence-electron chi connectivity index (χ0n) is 40.0. The van der Waals surface area contributed by atoms with E-state index in [-0.39, 0.29) is 76.5 Å². The van der Waals surface area contributed by atoms with Crippen LogP contribution >= 0.6 is 0 Å². The monoisotopic (exact) mass is 916 g/mol. The van der Waals surface area contributed by atoms with Crippen molar-refractivity contribution < 1.29 is 43.9 Å². The average Bonchev–Trinajstić information content (AvgIpc) is 4.17. The smallest absolute Gasteiger partial charge is 0.239 e. The van der Waals surface area contributed by atoms with E-state index < -0.39 is 17.7 Å². The summed E-state index contributed by atoms with van der Waals surface area (Å²) in [6.07, 6.45) is 20.0. The van der Waals surface area contributed by atoms with Crippen LogP contribution in [0.5, 0.6) is 11.5 Å². The highest BCUT2D eigenvalue weighted by Gasteiger charge is 2.65. The van der Waals surface area contributed by atoms with Crippen LogP contribution in [0.2, 0.25) is 0 Å². The number of carbonyl (C=O) groups is 1. The van der Waals surface area contributed by atoms with E-state index in [9.17, 15) is 20.1 Å². The van der Waals surface area contributed by atoms with Gasteiger partial charge in [0, 0.05) is 63.7 Å².